The standard InChI is InChI=1S/C16H13BrFN3O/c1-20(2)15-13-7-6-11(18)9-14(13)21(16(22)19-15)12-5-3-4-10(17)8-12/h3-9H,1-2H3. The lowest BCUT2D eigenvalue weighted by Gasteiger charge is -2.17. The Hall–Kier alpha value is -2.21. The summed E-state index contributed by atoms with van der Waals surface area (Å²) >= 11 is 3.38. The van der Waals surface area contributed by atoms with Crippen LogP contribution in [0.15, 0.2) is 51.7 Å². The molecule has 3 aromatic rings. The van der Waals surface area contributed by atoms with Gasteiger partial charge < -0.3 is 4.90 Å². The third kappa shape index (κ3) is 2.50. The first-order chi connectivity index (χ1) is 10.5. The van der Waals surface area contributed by atoms with Crippen molar-refractivity contribution in [3.8, 4) is 5.69 Å². The Morgan fingerprint density at radius 3 is 2.64 bits per heavy atom. The van der Waals surface area contributed by atoms with Crippen molar-refractivity contribution in [3.63, 3.8) is 0 Å². The number of rotatable bonds is 2. The van der Waals surface area contributed by atoms with Crippen molar-refractivity contribution >= 4 is 32.7 Å². The van der Waals surface area contributed by atoms with Crippen LogP contribution in [0.25, 0.3) is 16.6 Å². The quantitative estimate of drug-likeness (QED) is 0.702. The molecule has 1 aromatic heterocycles. The topological polar surface area (TPSA) is 38.1 Å². The van der Waals surface area contributed by atoms with E-state index in [1.165, 1.54) is 16.7 Å². The smallest absolute Gasteiger partial charge is 0.354 e. The Balaban J connectivity index is 2.45. The highest BCUT2D eigenvalue weighted by Gasteiger charge is 2.14. The molecule has 6 heteroatoms. The molecule has 0 aliphatic carbocycles. The van der Waals surface area contributed by atoms with Crippen molar-refractivity contribution in [2.45, 2.75) is 0 Å². The summed E-state index contributed by atoms with van der Waals surface area (Å²) in [6, 6.07) is 11.6. The van der Waals surface area contributed by atoms with E-state index >= 15 is 0 Å². The molecule has 0 amide bonds. The van der Waals surface area contributed by atoms with E-state index in [4.69, 9.17) is 0 Å². The third-order valence-electron chi connectivity index (χ3n) is 3.32. The van der Waals surface area contributed by atoms with E-state index in [2.05, 4.69) is 20.9 Å². The predicted octanol–water partition coefficient (Wildman–Crippen LogP) is 3.35. The minimum atomic E-state index is -0.445. The highest BCUT2D eigenvalue weighted by atomic mass is 79.9. The lowest BCUT2D eigenvalue weighted by molar-refractivity contribution is 0.628. The van der Waals surface area contributed by atoms with Crippen molar-refractivity contribution in [2.75, 3.05) is 19.0 Å². The molecule has 1 heterocycles. The highest BCUT2D eigenvalue weighted by molar-refractivity contribution is 9.10. The maximum Gasteiger partial charge on any atom is 0.354 e. The molecular weight excluding hydrogens is 349 g/mol. The van der Waals surface area contributed by atoms with E-state index < -0.39 is 11.5 Å². The summed E-state index contributed by atoms with van der Waals surface area (Å²) in [5, 5.41) is 0.714. The Morgan fingerprint density at radius 1 is 1.18 bits per heavy atom. The van der Waals surface area contributed by atoms with Crippen LogP contribution in [0.2, 0.25) is 0 Å². The Labute approximate surface area is 135 Å². The number of anilines is 1. The van der Waals surface area contributed by atoms with Crippen LogP contribution in [0.3, 0.4) is 0 Å². The fourth-order valence-electron chi connectivity index (χ4n) is 2.39. The Kier molecular flexibility index (Phi) is 3.70. The van der Waals surface area contributed by atoms with E-state index in [-0.39, 0.29) is 0 Å². The molecule has 0 unspecified atom stereocenters. The molecule has 0 aliphatic rings. The second-order valence-corrected chi connectivity index (χ2v) is 6.00. The lowest BCUT2D eigenvalue weighted by Crippen LogP contribution is -2.25. The monoisotopic (exact) mass is 361 g/mol. The average molecular weight is 362 g/mol. The fraction of sp³-hybridized carbons (Fsp3) is 0.125. The Bertz CT molecular complexity index is 921. The summed E-state index contributed by atoms with van der Waals surface area (Å²) in [6.07, 6.45) is 0. The second-order valence-electron chi connectivity index (χ2n) is 5.09. The van der Waals surface area contributed by atoms with Gasteiger partial charge >= 0.3 is 5.69 Å². The molecular formula is C16H13BrFN3O. The summed E-state index contributed by atoms with van der Waals surface area (Å²) in [6.45, 7) is 0. The summed E-state index contributed by atoms with van der Waals surface area (Å²) in [7, 11) is 3.60. The highest BCUT2D eigenvalue weighted by Crippen LogP contribution is 2.25. The molecule has 0 saturated heterocycles. The largest absolute Gasteiger partial charge is 0.362 e. The van der Waals surface area contributed by atoms with Gasteiger partial charge in [0.05, 0.1) is 11.2 Å². The van der Waals surface area contributed by atoms with Crippen LogP contribution in [0.4, 0.5) is 10.2 Å². The van der Waals surface area contributed by atoms with Gasteiger partial charge in [0.15, 0.2) is 0 Å². The number of hydrogen-bond acceptors (Lipinski definition) is 3. The maximum absolute atomic E-state index is 13.7. The molecule has 4 nitrogen and oxygen atoms in total. The van der Waals surface area contributed by atoms with Gasteiger partial charge in [-0.05, 0) is 36.4 Å². The van der Waals surface area contributed by atoms with Crippen molar-refractivity contribution in [3.05, 3.63) is 63.2 Å². The molecule has 0 N–H and O–H groups in total. The molecule has 0 saturated carbocycles. The zero-order chi connectivity index (χ0) is 15.9. The molecule has 22 heavy (non-hydrogen) atoms. The molecule has 0 radical (unpaired) electrons. The van der Waals surface area contributed by atoms with Gasteiger partial charge in [-0.2, -0.15) is 4.98 Å². The SMILES string of the molecule is CN(C)c1nc(=O)n(-c2cccc(Br)c2)c2cc(F)ccc12. The molecule has 2 aromatic carbocycles. The third-order valence-corrected chi connectivity index (χ3v) is 3.82. The minimum Gasteiger partial charge on any atom is -0.362 e. The number of aromatic nitrogens is 2. The van der Waals surface area contributed by atoms with Gasteiger partial charge in [-0.15, -0.1) is 0 Å². The summed E-state index contributed by atoms with van der Waals surface area (Å²) < 4.78 is 16.0. The molecule has 0 aliphatic heterocycles. The van der Waals surface area contributed by atoms with E-state index in [9.17, 15) is 9.18 Å². The molecule has 112 valence electrons. The molecule has 0 spiro atoms. The van der Waals surface area contributed by atoms with Gasteiger partial charge in [0.2, 0.25) is 0 Å². The van der Waals surface area contributed by atoms with Gasteiger partial charge in [0.25, 0.3) is 0 Å². The van der Waals surface area contributed by atoms with Crippen molar-refractivity contribution < 1.29 is 4.39 Å². The van der Waals surface area contributed by atoms with Crippen LogP contribution in [-0.4, -0.2) is 23.6 Å². The average Bonchev–Trinajstić information content (AvgIpc) is 2.45. The van der Waals surface area contributed by atoms with E-state index in [1.807, 2.05) is 12.1 Å². The van der Waals surface area contributed by atoms with Crippen LogP contribution >= 0.6 is 15.9 Å². The van der Waals surface area contributed by atoms with Crippen LogP contribution in [-0.2, 0) is 0 Å². The lowest BCUT2D eigenvalue weighted by atomic mass is 10.2. The van der Waals surface area contributed by atoms with E-state index in [0.717, 1.165) is 4.47 Å². The molecule has 0 bridgehead atoms. The number of fused-ring (bicyclic) bond motifs is 1. The van der Waals surface area contributed by atoms with Crippen molar-refractivity contribution in [1.82, 2.24) is 9.55 Å². The first-order valence-corrected chi connectivity index (χ1v) is 7.42. The number of benzene rings is 2. The van der Waals surface area contributed by atoms with Crippen LogP contribution in [0.5, 0.6) is 0 Å². The van der Waals surface area contributed by atoms with Crippen molar-refractivity contribution in [1.29, 1.82) is 0 Å². The van der Waals surface area contributed by atoms with Crippen LogP contribution < -0.4 is 10.6 Å². The number of nitrogens with zero attached hydrogens (tertiary/aromatic N) is 3. The van der Waals surface area contributed by atoms with Crippen molar-refractivity contribution in [2.24, 2.45) is 0 Å². The summed E-state index contributed by atoms with van der Waals surface area (Å²) in [5.74, 6) is 0.123. The first kappa shape index (κ1) is 14.7. The van der Waals surface area contributed by atoms with Gasteiger partial charge in [0.1, 0.15) is 11.6 Å². The Morgan fingerprint density at radius 2 is 1.95 bits per heavy atom. The molecule has 0 atom stereocenters. The summed E-state index contributed by atoms with van der Waals surface area (Å²) in [4.78, 5) is 18.3. The maximum atomic E-state index is 13.7. The van der Waals surface area contributed by atoms with Gasteiger partial charge in [-0.3, -0.25) is 4.57 Å². The zero-order valence-electron chi connectivity index (χ0n) is 12.0. The minimum absolute atomic E-state index is 0.397. The molecule has 0 fully saturated rings. The second kappa shape index (κ2) is 5.53. The van der Waals surface area contributed by atoms with E-state index in [0.29, 0.717) is 22.4 Å². The fourth-order valence-corrected chi connectivity index (χ4v) is 2.78. The van der Waals surface area contributed by atoms with E-state index in [1.54, 1.807) is 37.2 Å². The van der Waals surface area contributed by atoms with Gasteiger partial charge in [-0.1, -0.05) is 22.0 Å². The number of hydrogen-bond donors (Lipinski definition) is 0. The zero-order valence-corrected chi connectivity index (χ0v) is 13.6. The molecule has 3 rings (SSSR count). The number of halogens is 2. The van der Waals surface area contributed by atoms with Gasteiger partial charge in [0, 0.05) is 24.0 Å². The normalized spacial score (nSPS) is 10.9. The van der Waals surface area contributed by atoms with Crippen LogP contribution in [0, 0.1) is 5.82 Å². The predicted molar refractivity (Wildman–Crippen MR) is 89.3 cm³/mol. The van der Waals surface area contributed by atoms with Crippen LogP contribution in [0.1, 0.15) is 0 Å². The van der Waals surface area contributed by atoms with Gasteiger partial charge in [-0.25, -0.2) is 9.18 Å². The summed E-state index contributed by atoms with van der Waals surface area (Å²) in [5.41, 5.74) is 0.675. The first-order valence-electron chi connectivity index (χ1n) is 6.63.